The smallest absolute Gasteiger partial charge is 0.333 e. The van der Waals surface area contributed by atoms with Crippen molar-refractivity contribution >= 4 is 23.7 Å². The minimum atomic E-state index is -0.962. The summed E-state index contributed by atoms with van der Waals surface area (Å²) in [4.78, 5) is 51.1. The second-order valence-corrected chi connectivity index (χ2v) is 13.2. The van der Waals surface area contributed by atoms with Gasteiger partial charge in [0.2, 0.25) is 0 Å². The van der Waals surface area contributed by atoms with E-state index in [1.807, 2.05) is 26.8 Å². The zero-order valence-electron chi connectivity index (χ0n) is 24.4. The van der Waals surface area contributed by atoms with Gasteiger partial charge in [0.1, 0.15) is 23.9 Å². The molecule has 0 aromatic heterocycles. The third kappa shape index (κ3) is 4.21. The van der Waals surface area contributed by atoms with Gasteiger partial charge in [0.25, 0.3) is 0 Å². The molecule has 5 aliphatic rings. The fourth-order valence-corrected chi connectivity index (χ4v) is 8.45. The number of rotatable bonds is 3. The number of esters is 3. The van der Waals surface area contributed by atoms with Gasteiger partial charge in [-0.05, 0) is 80.6 Å². The summed E-state index contributed by atoms with van der Waals surface area (Å²) in [6.07, 6.45) is 6.32. The number of ketones is 1. The highest BCUT2D eigenvalue weighted by Gasteiger charge is 2.67. The second-order valence-electron chi connectivity index (χ2n) is 13.2. The fraction of sp³-hybridized carbons (Fsp3) is 0.625. The van der Waals surface area contributed by atoms with Gasteiger partial charge in [0, 0.05) is 41.9 Å². The van der Waals surface area contributed by atoms with E-state index in [0.717, 1.165) is 11.1 Å². The molecule has 0 unspecified atom stereocenters. The number of Topliss-reactive ketones (excluding diaryl/α,β-unsaturated/α-hetero) is 1. The van der Waals surface area contributed by atoms with Crippen LogP contribution >= 0.6 is 0 Å². The Bertz CT molecular complexity index is 1300. The van der Waals surface area contributed by atoms with E-state index in [0.29, 0.717) is 30.4 Å². The Morgan fingerprint density at radius 2 is 1.85 bits per heavy atom. The SMILES string of the molecule is CC(=O)O[C@@H]1C[C@H]([C@H](C)[C@H]2OC(=O)C(C)=C[C@@H]2O)[C@@]2(C)CC(=O)C3=C(CC[C@@H]4C(=C3)C=CC(=O)OC4(C)C)[C@]12C. The molecule has 0 saturated heterocycles. The van der Waals surface area contributed by atoms with Crippen LogP contribution in [0.2, 0.25) is 0 Å². The van der Waals surface area contributed by atoms with E-state index in [2.05, 4.69) is 13.8 Å². The number of carbonyl (C=O) groups is 4. The number of fused-ring (bicyclic) bond motifs is 3. The lowest BCUT2D eigenvalue weighted by Crippen LogP contribution is -2.52. The van der Waals surface area contributed by atoms with E-state index >= 15 is 0 Å². The summed E-state index contributed by atoms with van der Waals surface area (Å²) in [5.41, 5.74) is 0.760. The summed E-state index contributed by atoms with van der Waals surface area (Å²) in [7, 11) is 0. The Morgan fingerprint density at radius 3 is 2.52 bits per heavy atom. The number of hydrogen-bond acceptors (Lipinski definition) is 8. The van der Waals surface area contributed by atoms with E-state index in [4.69, 9.17) is 14.2 Å². The van der Waals surface area contributed by atoms with Crippen LogP contribution in [0.1, 0.15) is 74.1 Å². The van der Waals surface area contributed by atoms with Gasteiger partial charge in [-0.2, -0.15) is 0 Å². The van der Waals surface area contributed by atoms with E-state index in [1.165, 1.54) is 19.1 Å². The lowest BCUT2D eigenvalue weighted by Gasteiger charge is -2.52. The Balaban J connectivity index is 1.61. The van der Waals surface area contributed by atoms with Crippen LogP contribution in [0.5, 0.6) is 0 Å². The molecule has 5 rings (SSSR count). The van der Waals surface area contributed by atoms with Gasteiger partial charge in [-0.3, -0.25) is 9.59 Å². The molecule has 1 saturated carbocycles. The summed E-state index contributed by atoms with van der Waals surface area (Å²) in [5, 5.41) is 10.9. The Kier molecular flexibility index (Phi) is 6.80. The molecule has 0 radical (unpaired) electrons. The molecule has 2 aliphatic heterocycles. The Labute approximate surface area is 235 Å². The normalized spacial score (nSPS) is 39.4. The summed E-state index contributed by atoms with van der Waals surface area (Å²) in [6, 6.07) is 0. The molecule has 0 aromatic carbocycles. The van der Waals surface area contributed by atoms with E-state index < -0.39 is 52.7 Å². The van der Waals surface area contributed by atoms with Gasteiger partial charge in [-0.15, -0.1) is 0 Å². The van der Waals surface area contributed by atoms with Crippen LogP contribution < -0.4 is 0 Å². The summed E-state index contributed by atoms with van der Waals surface area (Å²) in [5.74, 6) is -1.85. The summed E-state index contributed by atoms with van der Waals surface area (Å²) in [6.45, 7) is 12.9. The van der Waals surface area contributed by atoms with Crippen molar-refractivity contribution in [3.8, 4) is 0 Å². The van der Waals surface area contributed by atoms with Crippen LogP contribution in [0.15, 0.2) is 46.6 Å². The van der Waals surface area contributed by atoms with Crippen molar-refractivity contribution < 1.29 is 38.5 Å². The molecule has 0 spiro atoms. The van der Waals surface area contributed by atoms with Crippen molar-refractivity contribution in [2.75, 3.05) is 0 Å². The van der Waals surface area contributed by atoms with Crippen LogP contribution in [-0.2, 0) is 33.4 Å². The first kappa shape index (κ1) is 28.5. The highest BCUT2D eigenvalue weighted by molar-refractivity contribution is 6.01. The molecule has 8 heteroatoms. The quantitative estimate of drug-likeness (QED) is 0.407. The number of ether oxygens (including phenoxy) is 3. The van der Waals surface area contributed by atoms with E-state index in [1.54, 1.807) is 13.0 Å². The molecule has 1 N–H and O–H groups in total. The lowest BCUT2D eigenvalue weighted by molar-refractivity contribution is -0.160. The fourth-order valence-electron chi connectivity index (χ4n) is 8.45. The van der Waals surface area contributed by atoms with Crippen molar-refractivity contribution in [2.24, 2.45) is 28.6 Å². The van der Waals surface area contributed by atoms with E-state index in [9.17, 15) is 24.3 Å². The highest BCUT2D eigenvalue weighted by atomic mass is 16.6. The van der Waals surface area contributed by atoms with Crippen molar-refractivity contribution in [3.05, 3.63) is 46.6 Å². The topological polar surface area (TPSA) is 116 Å². The number of aliphatic hydroxyl groups excluding tert-OH is 1. The molecule has 0 bridgehead atoms. The number of allylic oxidation sites excluding steroid dienone is 3. The monoisotopic (exact) mass is 552 g/mol. The molecule has 8 atom stereocenters. The molecule has 3 aliphatic carbocycles. The molecule has 0 amide bonds. The largest absolute Gasteiger partial charge is 0.462 e. The van der Waals surface area contributed by atoms with Gasteiger partial charge in [-0.1, -0.05) is 26.8 Å². The average Bonchev–Trinajstić information content (AvgIpc) is 2.98. The van der Waals surface area contributed by atoms with Gasteiger partial charge in [-0.25, -0.2) is 9.59 Å². The molecule has 40 heavy (non-hydrogen) atoms. The molecule has 2 heterocycles. The van der Waals surface area contributed by atoms with Crippen LogP contribution in [-0.4, -0.2) is 52.7 Å². The van der Waals surface area contributed by atoms with Crippen LogP contribution in [0.3, 0.4) is 0 Å². The van der Waals surface area contributed by atoms with Gasteiger partial charge in [0.05, 0.1) is 0 Å². The summed E-state index contributed by atoms with van der Waals surface area (Å²) < 4.78 is 17.5. The Hall–Kier alpha value is -3.00. The molecular formula is C32H40O8. The minimum Gasteiger partial charge on any atom is -0.462 e. The molecule has 0 aromatic rings. The predicted molar refractivity (Wildman–Crippen MR) is 145 cm³/mol. The van der Waals surface area contributed by atoms with Gasteiger partial charge >= 0.3 is 17.9 Å². The maximum atomic E-state index is 14.0. The van der Waals surface area contributed by atoms with Crippen LogP contribution in [0.4, 0.5) is 0 Å². The van der Waals surface area contributed by atoms with Crippen LogP contribution in [0.25, 0.3) is 0 Å². The number of hydrogen-bond donors (Lipinski definition) is 1. The van der Waals surface area contributed by atoms with Crippen LogP contribution in [0, 0.1) is 28.6 Å². The number of cyclic esters (lactones) is 2. The highest BCUT2D eigenvalue weighted by Crippen LogP contribution is 2.68. The molecule has 8 nitrogen and oxygen atoms in total. The van der Waals surface area contributed by atoms with Crippen molar-refractivity contribution in [1.82, 2.24) is 0 Å². The third-order valence-electron chi connectivity index (χ3n) is 10.7. The van der Waals surface area contributed by atoms with E-state index in [-0.39, 0.29) is 30.0 Å². The summed E-state index contributed by atoms with van der Waals surface area (Å²) >= 11 is 0. The van der Waals surface area contributed by atoms with Crippen molar-refractivity contribution in [2.45, 2.75) is 98.1 Å². The lowest BCUT2D eigenvalue weighted by atomic mass is 9.52. The minimum absolute atomic E-state index is 0.00317. The molecule has 1 fully saturated rings. The predicted octanol–water partition coefficient (Wildman–Crippen LogP) is 4.32. The first-order valence-electron chi connectivity index (χ1n) is 14.2. The Morgan fingerprint density at radius 1 is 1.15 bits per heavy atom. The second kappa shape index (κ2) is 9.54. The maximum absolute atomic E-state index is 14.0. The zero-order chi connectivity index (χ0) is 29.4. The first-order valence-corrected chi connectivity index (χ1v) is 14.2. The third-order valence-corrected chi connectivity index (χ3v) is 10.7. The standard InChI is InChI=1S/C32H40O8/c1-16-12-24(34)28(39-29(16)37)17(2)23-14-26(38-18(3)33)32(7)22-10-9-21-19(8-11-27(36)40-30(21,4)5)13-20(22)25(35)15-31(23,32)6/h8,11-13,17,21,23-24,26,28,34H,9-10,14-15H2,1-7H3/t17-,21+,23+,24-,26+,28+,31+,32+/m0/s1. The molecule has 216 valence electrons. The maximum Gasteiger partial charge on any atom is 0.333 e. The van der Waals surface area contributed by atoms with Crippen molar-refractivity contribution in [3.63, 3.8) is 0 Å². The van der Waals surface area contributed by atoms with Gasteiger partial charge in [0.15, 0.2) is 5.78 Å². The first-order chi connectivity index (χ1) is 18.6. The average molecular weight is 553 g/mol. The van der Waals surface area contributed by atoms with Crippen molar-refractivity contribution in [1.29, 1.82) is 0 Å². The number of carbonyl (C=O) groups excluding carboxylic acids is 4. The zero-order valence-corrected chi connectivity index (χ0v) is 24.4. The molecular weight excluding hydrogens is 512 g/mol. The number of aliphatic hydroxyl groups is 1. The van der Waals surface area contributed by atoms with Gasteiger partial charge < -0.3 is 19.3 Å².